The molecule has 2 aromatic carbocycles. The molecule has 1 aromatic heterocycles. The van der Waals surface area contributed by atoms with E-state index in [0.29, 0.717) is 13.2 Å². The number of hydrogen-bond acceptors (Lipinski definition) is 5. The van der Waals surface area contributed by atoms with Crippen LogP contribution in [-0.2, 0) is 12.1 Å². The van der Waals surface area contributed by atoms with E-state index in [9.17, 15) is 0 Å². The standard InChI is InChI=1S/C24H26N2O2S/c1-17-4-6-18(7-5-17)23-26-20(16-29-23)15-25-24(10-2-3-11-24)19-8-9-21-22(14-19)28-13-12-27-21/h4-9,14,16,25H,2-3,10-13,15H2,1H3. The Hall–Kier alpha value is -2.37. The number of aromatic nitrogens is 1. The molecule has 150 valence electrons. The zero-order valence-corrected chi connectivity index (χ0v) is 17.6. The predicted molar refractivity (Wildman–Crippen MR) is 117 cm³/mol. The molecule has 0 amide bonds. The summed E-state index contributed by atoms with van der Waals surface area (Å²) in [6.45, 7) is 4.14. The number of nitrogens with zero attached hydrogens (tertiary/aromatic N) is 1. The number of aryl methyl sites for hydroxylation is 1. The van der Waals surface area contributed by atoms with Crippen LogP contribution in [-0.4, -0.2) is 18.2 Å². The highest BCUT2D eigenvalue weighted by molar-refractivity contribution is 7.13. The molecule has 0 atom stereocenters. The van der Waals surface area contributed by atoms with Crippen LogP contribution in [0, 0.1) is 6.92 Å². The highest BCUT2D eigenvalue weighted by atomic mass is 32.1. The van der Waals surface area contributed by atoms with Gasteiger partial charge in [-0.15, -0.1) is 11.3 Å². The minimum atomic E-state index is -0.0104. The summed E-state index contributed by atoms with van der Waals surface area (Å²) >= 11 is 1.72. The first kappa shape index (κ1) is 18.6. The van der Waals surface area contributed by atoms with Crippen molar-refractivity contribution in [2.75, 3.05) is 13.2 Å². The van der Waals surface area contributed by atoms with Gasteiger partial charge in [0.15, 0.2) is 11.5 Å². The van der Waals surface area contributed by atoms with E-state index in [1.54, 1.807) is 11.3 Å². The molecule has 1 aliphatic heterocycles. The zero-order valence-electron chi connectivity index (χ0n) is 16.7. The van der Waals surface area contributed by atoms with Crippen LogP contribution in [0.15, 0.2) is 47.8 Å². The van der Waals surface area contributed by atoms with Crippen molar-refractivity contribution >= 4 is 11.3 Å². The third kappa shape index (κ3) is 3.77. The van der Waals surface area contributed by atoms with Crippen molar-refractivity contribution in [3.8, 4) is 22.1 Å². The quantitative estimate of drug-likeness (QED) is 0.612. The summed E-state index contributed by atoms with van der Waals surface area (Å²) in [5.41, 5.74) is 4.86. The molecule has 4 nitrogen and oxygen atoms in total. The van der Waals surface area contributed by atoms with Crippen molar-refractivity contribution < 1.29 is 9.47 Å². The van der Waals surface area contributed by atoms with Gasteiger partial charge >= 0.3 is 0 Å². The van der Waals surface area contributed by atoms with Crippen LogP contribution in [0.4, 0.5) is 0 Å². The Kier molecular flexibility index (Phi) is 5.02. The van der Waals surface area contributed by atoms with E-state index in [1.165, 1.54) is 29.5 Å². The second-order valence-corrected chi connectivity index (χ2v) is 8.87. The van der Waals surface area contributed by atoms with E-state index in [-0.39, 0.29) is 5.54 Å². The average Bonchev–Trinajstić information content (AvgIpc) is 3.43. The molecular formula is C24H26N2O2S. The van der Waals surface area contributed by atoms with E-state index in [2.05, 4.69) is 60.1 Å². The molecule has 1 aliphatic carbocycles. The minimum Gasteiger partial charge on any atom is -0.486 e. The lowest BCUT2D eigenvalue weighted by Crippen LogP contribution is -2.39. The molecule has 1 N–H and O–H groups in total. The van der Waals surface area contributed by atoms with E-state index in [4.69, 9.17) is 14.5 Å². The molecule has 0 radical (unpaired) electrons. The maximum absolute atomic E-state index is 5.83. The van der Waals surface area contributed by atoms with Crippen molar-refractivity contribution in [3.63, 3.8) is 0 Å². The number of thiazole rings is 1. The van der Waals surface area contributed by atoms with Crippen LogP contribution in [0.3, 0.4) is 0 Å². The number of rotatable bonds is 5. The molecule has 5 heteroatoms. The first-order valence-electron chi connectivity index (χ1n) is 10.4. The zero-order chi connectivity index (χ0) is 19.7. The second kappa shape index (κ2) is 7.81. The second-order valence-electron chi connectivity index (χ2n) is 8.01. The van der Waals surface area contributed by atoms with Crippen LogP contribution >= 0.6 is 11.3 Å². The maximum atomic E-state index is 5.83. The molecule has 29 heavy (non-hydrogen) atoms. The van der Waals surface area contributed by atoms with Gasteiger partial charge < -0.3 is 14.8 Å². The van der Waals surface area contributed by atoms with Gasteiger partial charge in [-0.3, -0.25) is 0 Å². The summed E-state index contributed by atoms with van der Waals surface area (Å²) in [7, 11) is 0. The summed E-state index contributed by atoms with van der Waals surface area (Å²) in [6, 6.07) is 15.0. The summed E-state index contributed by atoms with van der Waals surface area (Å²) in [5.74, 6) is 1.73. The molecule has 2 heterocycles. The summed E-state index contributed by atoms with van der Waals surface area (Å²) < 4.78 is 11.5. The van der Waals surface area contributed by atoms with Gasteiger partial charge in [-0.2, -0.15) is 0 Å². The SMILES string of the molecule is Cc1ccc(-c2nc(CNC3(c4ccc5c(c4)OCCO5)CCCC3)cs2)cc1. The Morgan fingerprint density at radius 1 is 1.00 bits per heavy atom. The third-order valence-electron chi connectivity index (χ3n) is 6.01. The van der Waals surface area contributed by atoms with Crippen molar-refractivity contribution in [1.82, 2.24) is 10.3 Å². The molecule has 1 saturated carbocycles. The Labute approximate surface area is 175 Å². The average molecular weight is 407 g/mol. The largest absolute Gasteiger partial charge is 0.486 e. The molecule has 5 rings (SSSR count). The van der Waals surface area contributed by atoms with Gasteiger partial charge in [0, 0.05) is 23.0 Å². The molecule has 0 unspecified atom stereocenters. The van der Waals surface area contributed by atoms with Gasteiger partial charge in [0.2, 0.25) is 0 Å². The highest BCUT2D eigenvalue weighted by Gasteiger charge is 2.36. The van der Waals surface area contributed by atoms with Crippen LogP contribution in [0.1, 0.15) is 42.5 Å². The predicted octanol–water partition coefficient (Wildman–Crippen LogP) is 5.45. The Bertz CT molecular complexity index is 990. The number of nitrogens with one attached hydrogen (secondary N) is 1. The van der Waals surface area contributed by atoms with Crippen molar-refractivity contribution in [1.29, 1.82) is 0 Å². The molecule has 1 fully saturated rings. The summed E-state index contributed by atoms with van der Waals surface area (Å²) in [4.78, 5) is 4.88. The lowest BCUT2D eigenvalue weighted by Gasteiger charge is -2.32. The molecule has 3 aromatic rings. The molecule has 0 saturated heterocycles. The van der Waals surface area contributed by atoms with Gasteiger partial charge in [0.25, 0.3) is 0 Å². The fourth-order valence-corrected chi connectivity index (χ4v) is 5.19. The number of ether oxygens (including phenoxy) is 2. The van der Waals surface area contributed by atoms with Crippen molar-refractivity contribution in [3.05, 3.63) is 64.7 Å². The fourth-order valence-electron chi connectivity index (χ4n) is 4.36. The Morgan fingerprint density at radius 2 is 1.76 bits per heavy atom. The van der Waals surface area contributed by atoms with Crippen molar-refractivity contribution in [2.24, 2.45) is 0 Å². The fraction of sp³-hybridized carbons (Fsp3) is 0.375. The van der Waals surface area contributed by atoms with Crippen LogP contribution < -0.4 is 14.8 Å². The number of fused-ring (bicyclic) bond motifs is 1. The first-order chi connectivity index (χ1) is 14.2. The summed E-state index contributed by atoms with van der Waals surface area (Å²) in [6.07, 6.45) is 4.77. The van der Waals surface area contributed by atoms with E-state index in [0.717, 1.165) is 41.6 Å². The molecular weight excluding hydrogens is 380 g/mol. The Balaban J connectivity index is 1.35. The van der Waals surface area contributed by atoms with E-state index < -0.39 is 0 Å². The van der Waals surface area contributed by atoms with Gasteiger partial charge in [0.1, 0.15) is 18.2 Å². The van der Waals surface area contributed by atoms with Crippen molar-refractivity contribution in [2.45, 2.75) is 44.7 Å². The lowest BCUT2D eigenvalue weighted by molar-refractivity contribution is 0.170. The minimum absolute atomic E-state index is 0.0104. The molecule has 2 aliphatic rings. The normalized spacial score (nSPS) is 17.4. The van der Waals surface area contributed by atoms with Gasteiger partial charge in [-0.25, -0.2) is 4.98 Å². The smallest absolute Gasteiger partial charge is 0.161 e. The maximum Gasteiger partial charge on any atom is 0.161 e. The van der Waals surface area contributed by atoms with Crippen LogP contribution in [0.2, 0.25) is 0 Å². The first-order valence-corrected chi connectivity index (χ1v) is 11.3. The lowest BCUT2D eigenvalue weighted by atomic mass is 9.87. The van der Waals surface area contributed by atoms with Crippen LogP contribution in [0.25, 0.3) is 10.6 Å². The molecule has 0 spiro atoms. The third-order valence-corrected chi connectivity index (χ3v) is 6.95. The van der Waals surface area contributed by atoms with Gasteiger partial charge in [-0.05, 0) is 37.5 Å². The number of hydrogen-bond donors (Lipinski definition) is 1. The Morgan fingerprint density at radius 3 is 2.55 bits per heavy atom. The monoisotopic (exact) mass is 406 g/mol. The topological polar surface area (TPSA) is 43.4 Å². The van der Waals surface area contributed by atoms with Gasteiger partial charge in [0.05, 0.1) is 5.69 Å². The number of benzene rings is 2. The highest BCUT2D eigenvalue weighted by Crippen LogP contribution is 2.42. The molecule has 0 bridgehead atoms. The van der Waals surface area contributed by atoms with Crippen LogP contribution in [0.5, 0.6) is 11.5 Å². The van der Waals surface area contributed by atoms with Gasteiger partial charge in [-0.1, -0.05) is 48.7 Å². The van der Waals surface area contributed by atoms with E-state index in [1.807, 2.05) is 0 Å². The van der Waals surface area contributed by atoms with E-state index >= 15 is 0 Å². The summed E-state index contributed by atoms with van der Waals surface area (Å²) in [5, 5.41) is 7.12.